The third-order valence-corrected chi connectivity index (χ3v) is 2.52. The second-order valence-corrected chi connectivity index (χ2v) is 3.51. The summed E-state index contributed by atoms with van der Waals surface area (Å²) >= 11 is 0. The number of hydrogen-bond donors (Lipinski definition) is 2. The van der Waals surface area contributed by atoms with Crippen LogP contribution in [0.15, 0.2) is 30.5 Å². The molecule has 1 aromatic heterocycles. The zero-order valence-electron chi connectivity index (χ0n) is 8.90. The topological polar surface area (TPSA) is 66.0 Å². The number of carbonyl (C=O) groups is 1. The maximum absolute atomic E-state index is 10.9. The van der Waals surface area contributed by atoms with E-state index in [1.54, 1.807) is 0 Å². The second-order valence-electron chi connectivity index (χ2n) is 3.51. The summed E-state index contributed by atoms with van der Waals surface area (Å²) in [5.74, 6) is -0.969. The van der Waals surface area contributed by atoms with Gasteiger partial charge < -0.3 is 5.11 Å². The first-order valence-corrected chi connectivity index (χ1v) is 5.08. The smallest absolute Gasteiger partial charge is 0.339 e. The number of rotatable bonds is 3. The summed E-state index contributed by atoms with van der Waals surface area (Å²) < 4.78 is 0. The van der Waals surface area contributed by atoms with Gasteiger partial charge in [0, 0.05) is 5.56 Å². The van der Waals surface area contributed by atoms with Crippen LogP contribution < -0.4 is 0 Å². The van der Waals surface area contributed by atoms with E-state index in [9.17, 15) is 4.79 Å². The number of aryl methyl sites for hydroxylation is 1. The van der Waals surface area contributed by atoms with Crippen molar-refractivity contribution in [1.82, 2.24) is 10.2 Å². The van der Waals surface area contributed by atoms with Gasteiger partial charge in [-0.25, -0.2) is 4.79 Å². The third kappa shape index (κ3) is 1.82. The van der Waals surface area contributed by atoms with Crippen LogP contribution in [0.3, 0.4) is 0 Å². The van der Waals surface area contributed by atoms with Gasteiger partial charge in [-0.3, -0.25) is 5.10 Å². The number of aromatic nitrogens is 2. The lowest BCUT2D eigenvalue weighted by molar-refractivity contribution is 0.0698. The zero-order valence-corrected chi connectivity index (χ0v) is 8.90. The monoisotopic (exact) mass is 216 g/mol. The minimum absolute atomic E-state index is 0.198. The molecule has 16 heavy (non-hydrogen) atoms. The van der Waals surface area contributed by atoms with Gasteiger partial charge in [-0.2, -0.15) is 5.10 Å². The molecule has 0 aliphatic heterocycles. The van der Waals surface area contributed by atoms with E-state index in [-0.39, 0.29) is 5.56 Å². The van der Waals surface area contributed by atoms with Gasteiger partial charge in [0.25, 0.3) is 0 Å². The number of H-pyrrole nitrogens is 1. The molecule has 1 aromatic carbocycles. The molecule has 0 spiro atoms. The van der Waals surface area contributed by atoms with E-state index in [0.29, 0.717) is 5.69 Å². The molecule has 0 aliphatic rings. The molecule has 0 unspecified atom stereocenters. The maximum Gasteiger partial charge on any atom is 0.339 e. The van der Waals surface area contributed by atoms with Gasteiger partial charge >= 0.3 is 5.97 Å². The lowest BCUT2D eigenvalue weighted by atomic mass is 10.1. The average molecular weight is 216 g/mol. The number of carboxylic acids is 1. The largest absolute Gasteiger partial charge is 0.478 e. The van der Waals surface area contributed by atoms with Crippen molar-refractivity contribution in [2.45, 2.75) is 13.3 Å². The molecule has 4 heteroatoms. The van der Waals surface area contributed by atoms with Gasteiger partial charge in [-0.05, 0) is 12.0 Å². The van der Waals surface area contributed by atoms with E-state index >= 15 is 0 Å². The standard InChI is InChI=1S/C12H12N2O2/c1-2-8-3-5-9(6-4-8)11-10(12(15)16)7-13-14-11/h3-7H,2H2,1H3,(H,13,14)(H,15,16). The van der Waals surface area contributed by atoms with Gasteiger partial charge in [-0.15, -0.1) is 0 Å². The van der Waals surface area contributed by atoms with E-state index < -0.39 is 5.97 Å². The van der Waals surface area contributed by atoms with E-state index in [1.165, 1.54) is 11.8 Å². The molecular formula is C12H12N2O2. The highest BCUT2D eigenvalue weighted by atomic mass is 16.4. The first kappa shape index (κ1) is 10.4. The molecule has 2 N–H and O–H groups in total. The Hall–Kier alpha value is -2.10. The molecule has 0 amide bonds. The maximum atomic E-state index is 10.9. The first-order chi connectivity index (χ1) is 7.72. The van der Waals surface area contributed by atoms with Crippen molar-refractivity contribution in [2.75, 3.05) is 0 Å². The Balaban J connectivity index is 2.42. The fraction of sp³-hybridized carbons (Fsp3) is 0.167. The molecule has 0 saturated carbocycles. The van der Waals surface area contributed by atoms with Crippen molar-refractivity contribution in [3.63, 3.8) is 0 Å². The first-order valence-electron chi connectivity index (χ1n) is 5.08. The number of nitrogens with one attached hydrogen (secondary N) is 1. The Morgan fingerprint density at radius 2 is 2.06 bits per heavy atom. The van der Waals surface area contributed by atoms with Gasteiger partial charge in [-0.1, -0.05) is 31.2 Å². The Bertz CT molecular complexity index is 500. The van der Waals surface area contributed by atoms with Crippen LogP contribution in [0.25, 0.3) is 11.3 Å². The van der Waals surface area contributed by atoms with Crippen LogP contribution in [-0.4, -0.2) is 21.3 Å². The van der Waals surface area contributed by atoms with E-state index in [0.717, 1.165) is 12.0 Å². The molecule has 4 nitrogen and oxygen atoms in total. The van der Waals surface area contributed by atoms with E-state index in [1.807, 2.05) is 24.3 Å². The quantitative estimate of drug-likeness (QED) is 0.827. The summed E-state index contributed by atoms with van der Waals surface area (Å²) in [6.45, 7) is 2.08. The van der Waals surface area contributed by atoms with Crippen molar-refractivity contribution in [1.29, 1.82) is 0 Å². The Labute approximate surface area is 92.9 Å². The molecule has 0 aliphatic carbocycles. The number of aromatic amines is 1. The molecule has 82 valence electrons. The van der Waals surface area contributed by atoms with Gasteiger partial charge in [0.1, 0.15) is 5.56 Å². The number of nitrogens with zero attached hydrogens (tertiary/aromatic N) is 1. The number of carboxylic acid groups (broad SMARTS) is 1. The predicted molar refractivity (Wildman–Crippen MR) is 60.4 cm³/mol. The molecule has 0 radical (unpaired) electrons. The summed E-state index contributed by atoms with van der Waals surface area (Å²) in [7, 11) is 0. The Morgan fingerprint density at radius 1 is 1.38 bits per heavy atom. The Kier molecular flexibility index (Phi) is 2.72. The Morgan fingerprint density at radius 3 is 2.62 bits per heavy atom. The SMILES string of the molecule is CCc1ccc(-c2[nH]ncc2C(=O)O)cc1. The zero-order chi connectivity index (χ0) is 11.5. The van der Waals surface area contributed by atoms with Crippen LogP contribution >= 0.6 is 0 Å². The van der Waals surface area contributed by atoms with Crippen LogP contribution in [0.5, 0.6) is 0 Å². The van der Waals surface area contributed by atoms with Crippen LogP contribution in [0.2, 0.25) is 0 Å². The normalized spacial score (nSPS) is 10.3. The number of aromatic carboxylic acids is 1. The average Bonchev–Trinajstić information content (AvgIpc) is 2.78. The van der Waals surface area contributed by atoms with Crippen LogP contribution in [0.1, 0.15) is 22.8 Å². The molecule has 0 fully saturated rings. The van der Waals surface area contributed by atoms with Crippen molar-refractivity contribution in [3.05, 3.63) is 41.6 Å². The third-order valence-electron chi connectivity index (χ3n) is 2.52. The molecule has 2 aromatic rings. The van der Waals surface area contributed by atoms with E-state index in [4.69, 9.17) is 5.11 Å². The van der Waals surface area contributed by atoms with Crippen LogP contribution in [-0.2, 0) is 6.42 Å². The van der Waals surface area contributed by atoms with Crippen LogP contribution in [0.4, 0.5) is 0 Å². The fourth-order valence-electron chi connectivity index (χ4n) is 1.58. The summed E-state index contributed by atoms with van der Waals surface area (Å²) in [4.78, 5) is 10.9. The lowest BCUT2D eigenvalue weighted by Crippen LogP contribution is -1.96. The van der Waals surface area contributed by atoms with Crippen molar-refractivity contribution in [2.24, 2.45) is 0 Å². The highest BCUT2D eigenvalue weighted by Gasteiger charge is 2.13. The molecule has 0 saturated heterocycles. The fourth-order valence-corrected chi connectivity index (χ4v) is 1.58. The molecular weight excluding hydrogens is 204 g/mol. The van der Waals surface area contributed by atoms with Gasteiger partial charge in [0.2, 0.25) is 0 Å². The van der Waals surface area contributed by atoms with Crippen molar-refractivity contribution < 1.29 is 9.90 Å². The predicted octanol–water partition coefficient (Wildman–Crippen LogP) is 2.34. The summed E-state index contributed by atoms with van der Waals surface area (Å²) in [6.07, 6.45) is 2.29. The summed E-state index contributed by atoms with van der Waals surface area (Å²) in [5, 5.41) is 15.4. The molecule has 0 atom stereocenters. The van der Waals surface area contributed by atoms with Crippen molar-refractivity contribution >= 4 is 5.97 Å². The highest BCUT2D eigenvalue weighted by molar-refractivity contribution is 5.94. The summed E-state index contributed by atoms with van der Waals surface area (Å²) in [5.41, 5.74) is 2.81. The minimum Gasteiger partial charge on any atom is -0.478 e. The van der Waals surface area contributed by atoms with Gasteiger partial charge in [0.05, 0.1) is 11.9 Å². The highest BCUT2D eigenvalue weighted by Crippen LogP contribution is 2.21. The number of benzene rings is 1. The lowest BCUT2D eigenvalue weighted by Gasteiger charge is -2.01. The van der Waals surface area contributed by atoms with Crippen molar-refractivity contribution in [3.8, 4) is 11.3 Å². The number of hydrogen-bond acceptors (Lipinski definition) is 2. The van der Waals surface area contributed by atoms with Gasteiger partial charge in [0.15, 0.2) is 0 Å². The molecule has 2 rings (SSSR count). The second kappa shape index (κ2) is 4.18. The molecule has 1 heterocycles. The van der Waals surface area contributed by atoms with Crippen LogP contribution in [0, 0.1) is 0 Å². The molecule has 0 bridgehead atoms. The van der Waals surface area contributed by atoms with E-state index in [2.05, 4.69) is 17.1 Å². The minimum atomic E-state index is -0.969. The summed E-state index contributed by atoms with van der Waals surface area (Å²) in [6, 6.07) is 7.78.